The van der Waals surface area contributed by atoms with E-state index in [4.69, 9.17) is 12.2 Å². The molecular weight excluding hydrogens is 286 g/mol. The van der Waals surface area contributed by atoms with E-state index < -0.39 is 21.9 Å². The highest BCUT2D eigenvalue weighted by molar-refractivity contribution is 7.71. The lowest BCUT2D eigenvalue weighted by molar-refractivity contribution is -0.385. The summed E-state index contributed by atoms with van der Waals surface area (Å²) >= 11 is 4.83. The SMILES string of the molecule is O=c1cn[nH]c(=S)n1/N=C\c1ccc(O)c([N+](=O)[O-])c1. The van der Waals surface area contributed by atoms with Gasteiger partial charge in [-0.3, -0.25) is 20.0 Å². The van der Waals surface area contributed by atoms with Crippen LogP contribution in [0.25, 0.3) is 0 Å². The normalized spacial score (nSPS) is 10.8. The van der Waals surface area contributed by atoms with E-state index in [1.165, 1.54) is 12.3 Å². The molecule has 9 nitrogen and oxygen atoms in total. The molecule has 20 heavy (non-hydrogen) atoms. The summed E-state index contributed by atoms with van der Waals surface area (Å²) in [6, 6.07) is 3.69. The summed E-state index contributed by atoms with van der Waals surface area (Å²) in [5.74, 6) is -0.453. The molecule has 0 unspecified atom stereocenters. The van der Waals surface area contributed by atoms with Gasteiger partial charge in [-0.15, -0.1) is 0 Å². The lowest BCUT2D eigenvalue weighted by atomic mass is 10.2. The van der Waals surface area contributed by atoms with Crippen LogP contribution in [0, 0.1) is 14.9 Å². The number of rotatable bonds is 3. The van der Waals surface area contributed by atoms with Crippen molar-refractivity contribution in [2.75, 3.05) is 0 Å². The molecule has 2 rings (SSSR count). The minimum Gasteiger partial charge on any atom is -0.502 e. The first kappa shape index (κ1) is 13.5. The number of aromatic nitrogens is 3. The van der Waals surface area contributed by atoms with Crippen LogP contribution in [-0.4, -0.2) is 31.1 Å². The smallest absolute Gasteiger partial charge is 0.311 e. The Labute approximate surface area is 116 Å². The summed E-state index contributed by atoms with van der Waals surface area (Å²) < 4.78 is 0.864. The summed E-state index contributed by atoms with van der Waals surface area (Å²) in [6.07, 6.45) is 2.20. The molecule has 0 saturated carbocycles. The van der Waals surface area contributed by atoms with Crippen LogP contribution in [0.5, 0.6) is 5.75 Å². The Morgan fingerprint density at radius 1 is 1.55 bits per heavy atom. The molecule has 1 aromatic carbocycles. The van der Waals surface area contributed by atoms with E-state index >= 15 is 0 Å². The molecule has 0 radical (unpaired) electrons. The van der Waals surface area contributed by atoms with Crippen LogP contribution in [0.3, 0.4) is 0 Å². The van der Waals surface area contributed by atoms with E-state index in [2.05, 4.69) is 15.3 Å². The number of benzene rings is 1. The van der Waals surface area contributed by atoms with Crippen molar-refractivity contribution in [3.05, 3.63) is 55.2 Å². The first-order chi connectivity index (χ1) is 9.49. The molecule has 0 saturated heterocycles. The predicted octanol–water partition coefficient (Wildman–Crippen LogP) is 0.797. The molecule has 10 heteroatoms. The largest absolute Gasteiger partial charge is 0.502 e. The van der Waals surface area contributed by atoms with Gasteiger partial charge in [0.1, 0.15) is 6.20 Å². The van der Waals surface area contributed by atoms with Crippen molar-refractivity contribution in [2.45, 2.75) is 0 Å². The summed E-state index contributed by atoms with van der Waals surface area (Å²) in [6.45, 7) is 0. The minimum atomic E-state index is -0.725. The average molecular weight is 293 g/mol. The third kappa shape index (κ3) is 2.75. The zero-order valence-corrected chi connectivity index (χ0v) is 10.6. The van der Waals surface area contributed by atoms with E-state index in [9.17, 15) is 20.0 Å². The van der Waals surface area contributed by atoms with Gasteiger partial charge in [0.15, 0.2) is 5.75 Å². The molecule has 0 aliphatic heterocycles. The number of aromatic amines is 1. The van der Waals surface area contributed by atoms with Crippen LogP contribution >= 0.6 is 12.2 Å². The summed E-state index contributed by atoms with van der Waals surface area (Å²) in [5.41, 5.74) is -0.674. The third-order valence-electron chi connectivity index (χ3n) is 2.25. The molecule has 1 heterocycles. The number of phenolic OH excluding ortho intramolecular Hbond substituents is 1. The Morgan fingerprint density at radius 2 is 2.30 bits per heavy atom. The highest BCUT2D eigenvalue weighted by Gasteiger charge is 2.12. The van der Waals surface area contributed by atoms with Crippen molar-refractivity contribution in [1.29, 1.82) is 0 Å². The average Bonchev–Trinajstić information content (AvgIpc) is 2.39. The van der Waals surface area contributed by atoms with Crippen LogP contribution < -0.4 is 5.56 Å². The topological polar surface area (TPSA) is 126 Å². The Kier molecular flexibility index (Phi) is 3.66. The van der Waals surface area contributed by atoms with Crippen LogP contribution in [0.2, 0.25) is 0 Å². The number of nitro groups is 1. The van der Waals surface area contributed by atoms with E-state index in [1.807, 2.05) is 0 Å². The van der Waals surface area contributed by atoms with Gasteiger partial charge in [0.25, 0.3) is 5.56 Å². The molecule has 0 spiro atoms. The fraction of sp³-hybridized carbons (Fsp3) is 0. The van der Waals surface area contributed by atoms with E-state index in [0.29, 0.717) is 5.56 Å². The van der Waals surface area contributed by atoms with E-state index in [-0.39, 0.29) is 4.77 Å². The molecule has 0 atom stereocenters. The molecule has 102 valence electrons. The van der Waals surface area contributed by atoms with Gasteiger partial charge in [-0.05, 0) is 24.4 Å². The number of nitro benzene ring substituents is 1. The highest BCUT2D eigenvalue weighted by atomic mass is 32.1. The summed E-state index contributed by atoms with van der Waals surface area (Å²) in [4.78, 5) is 21.4. The summed E-state index contributed by atoms with van der Waals surface area (Å²) in [7, 11) is 0. The van der Waals surface area contributed by atoms with E-state index in [1.54, 1.807) is 0 Å². The van der Waals surface area contributed by atoms with Gasteiger partial charge in [0.05, 0.1) is 11.1 Å². The summed E-state index contributed by atoms with van der Waals surface area (Å²) in [5, 5.41) is 29.7. The Hall–Kier alpha value is -2.88. The molecular formula is C10H7N5O4S. The zero-order chi connectivity index (χ0) is 14.7. The van der Waals surface area contributed by atoms with Gasteiger partial charge < -0.3 is 5.11 Å². The first-order valence-corrected chi connectivity index (χ1v) is 5.58. The lowest BCUT2D eigenvalue weighted by Crippen LogP contribution is -2.18. The molecule has 0 aliphatic rings. The van der Waals surface area contributed by atoms with Crippen LogP contribution in [0.1, 0.15) is 5.56 Å². The fourth-order valence-electron chi connectivity index (χ4n) is 1.35. The number of nitrogens with zero attached hydrogens (tertiary/aromatic N) is 4. The highest BCUT2D eigenvalue weighted by Crippen LogP contribution is 2.25. The lowest BCUT2D eigenvalue weighted by Gasteiger charge is -1.98. The van der Waals surface area contributed by atoms with Crippen molar-refractivity contribution in [3.8, 4) is 5.75 Å². The van der Waals surface area contributed by atoms with Crippen molar-refractivity contribution in [3.63, 3.8) is 0 Å². The maximum absolute atomic E-state index is 11.4. The van der Waals surface area contributed by atoms with Crippen LogP contribution in [0.15, 0.2) is 34.3 Å². The minimum absolute atomic E-state index is 0.0120. The van der Waals surface area contributed by atoms with Gasteiger partial charge in [0, 0.05) is 11.6 Å². The molecule has 2 N–H and O–H groups in total. The van der Waals surface area contributed by atoms with Crippen molar-refractivity contribution in [1.82, 2.24) is 14.9 Å². The van der Waals surface area contributed by atoms with Gasteiger partial charge in [-0.25, -0.2) is 0 Å². The van der Waals surface area contributed by atoms with Crippen molar-refractivity contribution >= 4 is 24.1 Å². The molecule has 0 fully saturated rings. The van der Waals surface area contributed by atoms with Gasteiger partial charge >= 0.3 is 5.69 Å². The second-order valence-electron chi connectivity index (χ2n) is 3.58. The van der Waals surface area contributed by atoms with Crippen molar-refractivity contribution in [2.24, 2.45) is 5.10 Å². The van der Waals surface area contributed by atoms with Crippen LogP contribution in [-0.2, 0) is 0 Å². The maximum Gasteiger partial charge on any atom is 0.311 e. The fourth-order valence-corrected chi connectivity index (χ4v) is 1.54. The molecule has 0 bridgehead atoms. The van der Waals surface area contributed by atoms with Gasteiger partial charge in [-0.2, -0.15) is 14.9 Å². The number of hydrogen-bond acceptors (Lipinski definition) is 7. The monoisotopic (exact) mass is 293 g/mol. The Morgan fingerprint density at radius 3 is 2.95 bits per heavy atom. The third-order valence-corrected chi connectivity index (χ3v) is 2.52. The standard InChI is InChI=1S/C10H7N5O4S/c16-8-2-1-6(3-7(8)15(18)19)4-12-14-9(17)5-11-13-10(14)20/h1-5,16H,(H,13,20)/b12-4-. The number of aromatic hydroxyl groups is 1. The zero-order valence-electron chi connectivity index (χ0n) is 9.76. The maximum atomic E-state index is 11.4. The Bertz CT molecular complexity index is 782. The molecule has 2 aromatic rings. The molecule has 0 aliphatic carbocycles. The van der Waals surface area contributed by atoms with Gasteiger partial charge in [0.2, 0.25) is 4.77 Å². The first-order valence-electron chi connectivity index (χ1n) is 5.17. The number of hydrogen-bond donors (Lipinski definition) is 2. The molecule has 1 aromatic heterocycles. The van der Waals surface area contributed by atoms with Crippen LogP contribution in [0.4, 0.5) is 5.69 Å². The Balaban J connectivity index is 2.42. The molecule has 0 amide bonds. The van der Waals surface area contributed by atoms with Crippen molar-refractivity contribution < 1.29 is 10.0 Å². The second-order valence-corrected chi connectivity index (χ2v) is 3.96. The predicted molar refractivity (Wildman–Crippen MR) is 71.4 cm³/mol. The second kappa shape index (κ2) is 5.40. The van der Waals surface area contributed by atoms with Gasteiger partial charge in [-0.1, -0.05) is 0 Å². The number of nitrogens with one attached hydrogen (secondary N) is 1. The van der Waals surface area contributed by atoms with E-state index in [0.717, 1.165) is 23.0 Å². The number of H-pyrrole nitrogens is 1. The number of phenols is 1. The quantitative estimate of drug-likeness (QED) is 0.373.